The van der Waals surface area contributed by atoms with E-state index in [1.807, 2.05) is 11.8 Å². The molecule has 0 aliphatic carbocycles. The molecule has 1 fully saturated rings. The number of aliphatic hydroxyl groups is 1. The standard InChI is InChI=1S/C7H14OS/c1-2-6-3-4-7(5-8)9-6/h6-8H,2-5H2,1H3. The highest BCUT2D eigenvalue weighted by atomic mass is 32.2. The van der Waals surface area contributed by atoms with Gasteiger partial charge in [-0.15, -0.1) is 0 Å². The molecule has 2 heteroatoms. The summed E-state index contributed by atoms with van der Waals surface area (Å²) in [6, 6.07) is 0. The fourth-order valence-corrected chi connectivity index (χ4v) is 2.58. The Kier molecular flexibility index (Phi) is 2.86. The van der Waals surface area contributed by atoms with E-state index < -0.39 is 0 Å². The van der Waals surface area contributed by atoms with E-state index in [1.165, 1.54) is 19.3 Å². The molecule has 0 bridgehead atoms. The van der Waals surface area contributed by atoms with Gasteiger partial charge in [-0.3, -0.25) is 0 Å². The molecule has 0 amide bonds. The normalized spacial score (nSPS) is 35.3. The van der Waals surface area contributed by atoms with Gasteiger partial charge in [-0.05, 0) is 19.3 Å². The molecule has 1 saturated heterocycles. The van der Waals surface area contributed by atoms with Gasteiger partial charge in [0.25, 0.3) is 0 Å². The molecular formula is C7H14OS. The maximum Gasteiger partial charge on any atom is 0.0550 e. The Balaban J connectivity index is 2.20. The zero-order valence-corrected chi connectivity index (χ0v) is 6.66. The van der Waals surface area contributed by atoms with Gasteiger partial charge in [0.05, 0.1) is 6.61 Å². The molecule has 1 rings (SSSR count). The predicted molar refractivity (Wildman–Crippen MR) is 41.8 cm³/mol. The Morgan fingerprint density at radius 3 is 2.44 bits per heavy atom. The molecule has 0 radical (unpaired) electrons. The van der Waals surface area contributed by atoms with Crippen molar-refractivity contribution in [1.82, 2.24) is 0 Å². The van der Waals surface area contributed by atoms with E-state index in [2.05, 4.69) is 6.92 Å². The summed E-state index contributed by atoms with van der Waals surface area (Å²) in [5.41, 5.74) is 0. The molecule has 1 aliphatic heterocycles. The Bertz CT molecular complexity index is 75.0. The van der Waals surface area contributed by atoms with Gasteiger partial charge >= 0.3 is 0 Å². The number of hydrogen-bond donors (Lipinski definition) is 1. The first kappa shape index (κ1) is 7.42. The molecule has 0 aromatic carbocycles. The summed E-state index contributed by atoms with van der Waals surface area (Å²) in [5, 5.41) is 10.1. The van der Waals surface area contributed by atoms with E-state index in [4.69, 9.17) is 5.11 Å². The molecule has 0 aromatic heterocycles. The van der Waals surface area contributed by atoms with Gasteiger partial charge in [0.15, 0.2) is 0 Å². The van der Waals surface area contributed by atoms with Gasteiger partial charge < -0.3 is 5.11 Å². The average Bonchev–Trinajstić information content (AvgIpc) is 2.34. The summed E-state index contributed by atoms with van der Waals surface area (Å²) < 4.78 is 0. The number of hydrogen-bond acceptors (Lipinski definition) is 2. The van der Waals surface area contributed by atoms with Gasteiger partial charge in [-0.2, -0.15) is 11.8 Å². The maximum atomic E-state index is 8.76. The van der Waals surface area contributed by atoms with E-state index in [1.54, 1.807) is 0 Å². The van der Waals surface area contributed by atoms with Crippen molar-refractivity contribution >= 4 is 11.8 Å². The summed E-state index contributed by atoms with van der Waals surface area (Å²) in [4.78, 5) is 0. The van der Waals surface area contributed by atoms with Crippen LogP contribution in [0.15, 0.2) is 0 Å². The Morgan fingerprint density at radius 2 is 2.11 bits per heavy atom. The molecule has 0 spiro atoms. The summed E-state index contributed by atoms with van der Waals surface area (Å²) >= 11 is 1.96. The first-order chi connectivity index (χ1) is 4.36. The highest BCUT2D eigenvalue weighted by Gasteiger charge is 2.22. The predicted octanol–water partition coefficient (Wildman–Crippen LogP) is 1.65. The van der Waals surface area contributed by atoms with E-state index in [9.17, 15) is 0 Å². The van der Waals surface area contributed by atoms with Crippen molar-refractivity contribution in [3.05, 3.63) is 0 Å². The first-order valence-corrected chi connectivity index (χ1v) is 4.57. The van der Waals surface area contributed by atoms with Crippen LogP contribution in [0.25, 0.3) is 0 Å². The third-order valence-electron chi connectivity index (χ3n) is 1.85. The van der Waals surface area contributed by atoms with Crippen molar-refractivity contribution in [2.45, 2.75) is 36.7 Å². The van der Waals surface area contributed by atoms with Crippen molar-refractivity contribution in [2.75, 3.05) is 6.61 Å². The van der Waals surface area contributed by atoms with E-state index in [0.717, 1.165) is 5.25 Å². The quantitative estimate of drug-likeness (QED) is 0.639. The first-order valence-electron chi connectivity index (χ1n) is 3.63. The third kappa shape index (κ3) is 1.87. The number of rotatable bonds is 2. The van der Waals surface area contributed by atoms with E-state index in [-0.39, 0.29) is 0 Å². The molecule has 2 atom stereocenters. The van der Waals surface area contributed by atoms with Gasteiger partial charge in [-0.1, -0.05) is 6.92 Å². The summed E-state index contributed by atoms with van der Waals surface area (Å²) in [5.74, 6) is 0. The molecular weight excluding hydrogens is 132 g/mol. The fraction of sp³-hybridized carbons (Fsp3) is 1.00. The van der Waals surface area contributed by atoms with Crippen molar-refractivity contribution in [1.29, 1.82) is 0 Å². The summed E-state index contributed by atoms with van der Waals surface area (Å²) in [6.45, 7) is 2.60. The molecule has 1 aliphatic rings. The van der Waals surface area contributed by atoms with Gasteiger partial charge in [0, 0.05) is 10.5 Å². The lowest BCUT2D eigenvalue weighted by molar-refractivity contribution is 0.292. The van der Waals surface area contributed by atoms with Crippen LogP contribution in [-0.4, -0.2) is 22.2 Å². The van der Waals surface area contributed by atoms with Crippen LogP contribution in [0, 0.1) is 0 Å². The average molecular weight is 146 g/mol. The van der Waals surface area contributed by atoms with Crippen LogP contribution in [0.5, 0.6) is 0 Å². The topological polar surface area (TPSA) is 20.2 Å². The Labute approximate surface area is 60.8 Å². The lowest BCUT2D eigenvalue weighted by Crippen LogP contribution is -2.02. The molecule has 0 saturated carbocycles. The SMILES string of the molecule is CCC1CCC(CO)S1. The summed E-state index contributed by atoms with van der Waals surface area (Å²) in [6.07, 6.45) is 3.80. The van der Waals surface area contributed by atoms with Crippen LogP contribution in [-0.2, 0) is 0 Å². The van der Waals surface area contributed by atoms with Crippen molar-refractivity contribution < 1.29 is 5.11 Å². The largest absolute Gasteiger partial charge is 0.395 e. The van der Waals surface area contributed by atoms with Crippen LogP contribution >= 0.6 is 11.8 Å². The fourth-order valence-electron chi connectivity index (χ4n) is 1.21. The van der Waals surface area contributed by atoms with Crippen molar-refractivity contribution in [3.8, 4) is 0 Å². The van der Waals surface area contributed by atoms with Crippen LogP contribution in [0.2, 0.25) is 0 Å². The lowest BCUT2D eigenvalue weighted by Gasteiger charge is -2.04. The number of thioether (sulfide) groups is 1. The summed E-state index contributed by atoms with van der Waals surface area (Å²) in [7, 11) is 0. The molecule has 1 N–H and O–H groups in total. The molecule has 9 heavy (non-hydrogen) atoms. The Hall–Kier alpha value is 0.310. The maximum absolute atomic E-state index is 8.76. The Morgan fingerprint density at radius 1 is 1.44 bits per heavy atom. The third-order valence-corrected chi connectivity index (χ3v) is 3.58. The van der Waals surface area contributed by atoms with E-state index >= 15 is 0 Å². The van der Waals surface area contributed by atoms with Gasteiger partial charge in [0.2, 0.25) is 0 Å². The molecule has 54 valence electrons. The highest BCUT2D eigenvalue weighted by Crippen LogP contribution is 2.34. The molecule has 2 unspecified atom stereocenters. The number of aliphatic hydroxyl groups excluding tert-OH is 1. The zero-order valence-electron chi connectivity index (χ0n) is 5.84. The minimum absolute atomic E-state index is 0.376. The second-order valence-corrected chi connectivity index (χ2v) is 4.15. The van der Waals surface area contributed by atoms with Crippen LogP contribution in [0.4, 0.5) is 0 Å². The van der Waals surface area contributed by atoms with Gasteiger partial charge in [-0.25, -0.2) is 0 Å². The second kappa shape index (κ2) is 3.47. The van der Waals surface area contributed by atoms with Gasteiger partial charge in [0.1, 0.15) is 0 Å². The van der Waals surface area contributed by atoms with Crippen LogP contribution in [0.1, 0.15) is 26.2 Å². The minimum Gasteiger partial charge on any atom is -0.395 e. The second-order valence-electron chi connectivity index (χ2n) is 2.55. The molecule has 1 nitrogen and oxygen atoms in total. The van der Waals surface area contributed by atoms with Crippen LogP contribution in [0.3, 0.4) is 0 Å². The van der Waals surface area contributed by atoms with Crippen LogP contribution < -0.4 is 0 Å². The monoisotopic (exact) mass is 146 g/mol. The van der Waals surface area contributed by atoms with Crippen molar-refractivity contribution in [3.63, 3.8) is 0 Å². The van der Waals surface area contributed by atoms with Crippen molar-refractivity contribution in [2.24, 2.45) is 0 Å². The molecule has 0 aromatic rings. The highest BCUT2D eigenvalue weighted by molar-refractivity contribution is 8.00. The smallest absolute Gasteiger partial charge is 0.0550 e. The lowest BCUT2D eigenvalue weighted by atomic mass is 10.2. The molecule has 1 heterocycles. The van der Waals surface area contributed by atoms with E-state index in [0.29, 0.717) is 11.9 Å². The zero-order chi connectivity index (χ0) is 6.69. The minimum atomic E-state index is 0.376.